The predicted octanol–water partition coefficient (Wildman–Crippen LogP) is 2.27. The number of benzene rings is 1. The first-order chi connectivity index (χ1) is 12.7. The van der Waals surface area contributed by atoms with E-state index in [2.05, 4.69) is 4.72 Å². The minimum atomic E-state index is -3.67. The van der Waals surface area contributed by atoms with Gasteiger partial charge in [0.2, 0.25) is 10.0 Å². The summed E-state index contributed by atoms with van der Waals surface area (Å²) in [5, 5.41) is 10.1. The molecule has 0 bridgehead atoms. The van der Waals surface area contributed by atoms with Crippen molar-refractivity contribution < 1.29 is 22.8 Å². The van der Waals surface area contributed by atoms with Gasteiger partial charge in [-0.25, -0.2) is 13.1 Å². The Morgan fingerprint density at radius 2 is 1.61 bits per heavy atom. The van der Waals surface area contributed by atoms with Crippen LogP contribution >= 0.6 is 0 Å². The van der Waals surface area contributed by atoms with Crippen LogP contribution in [0, 0.1) is 6.92 Å². The highest BCUT2D eigenvalue weighted by Gasteiger charge is 2.52. The van der Waals surface area contributed by atoms with Crippen LogP contribution in [0.4, 0.5) is 0 Å². The van der Waals surface area contributed by atoms with Crippen LogP contribution in [0.15, 0.2) is 23.1 Å². The van der Waals surface area contributed by atoms with Gasteiger partial charge in [-0.2, -0.15) is 0 Å². The van der Waals surface area contributed by atoms with Gasteiger partial charge >= 0.3 is 7.12 Å². The Labute approximate surface area is 169 Å². The molecule has 1 aliphatic carbocycles. The molecule has 2 N–H and O–H groups in total. The number of aryl methyl sites for hydroxylation is 1. The van der Waals surface area contributed by atoms with Crippen LogP contribution in [-0.4, -0.2) is 43.5 Å². The molecule has 0 radical (unpaired) electrons. The molecule has 0 spiro atoms. The second-order valence-electron chi connectivity index (χ2n) is 9.50. The van der Waals surface area contributed by atoms with Crippen LogP contribution < -0.4 is 10.2 Å². The lowest BCUT2D eigenvalue weighted by atomic mass is 9.76. The summed E-state index contributed by atoms with van der Waals surface area (Å²) in [6.45, 7) is 11.6. The van der Waals surface area contributed by atoms with E-state index in [1.165, 1.54) is 0 Å². The van der Waals surface area contributed by atoms with Gasteiger partial charge in [0.15, 0.2) is 0 Å². The summed E-state index contributed by atoms with van der Waals surface area (Å²) >= 11 is 0. The van der Waals surface area contributed by atoms with Gasteiger partial charge in [-0.1, -0.05) is 11.6 Å². The second-order valence-corrected chi connectivity index (χ2v) is 11.2. The van der Waals surface area contributed by atoms with Crippen molar-refractivity contribution in [2.75, 3.05) is 0 Å². The van der Waals surface area contributed by atoms with Crippen molar-refractivity contribution in [3.05, 3.63) is 23.8 Å². The largest absolute Gasteiger partial charge is 0.495 e. The lowest BCUT2D eigenvalue weighted by Gasteiger charge is -2.33. The number of hydrogen-bond acceptors (Lipinski definition) is 5. The van der Waals surface area contributed by atoms with E-state index in [4.69, 9.17) is 9.31 Å². The van der Waals surface area contributed by atoms with E-state index in [-0.39, 0.29) is 10.9 Å². The molecule has 8 heteroatoms. The molecule has 1 saturated heterocycles. The van der Waals surface area contributed by atoms with Gasteiger partial charge in [0.25, 0.3) is 0 Å². The van der Waals surface area contributed by atoms with Crippen LogP contribution in [0.1, 0.15) is 65.9 Å². The van der Waals surface area contributed by atoms with Gasteiger partial charge in [-0.3, -0.25) is 0 Å². The smallest absolute Gasteiger partial charge is 0.399 e. The molecule has 28 heavy (non-hydrogen) atoms. The van der Waals surface area contributed by atoms with E-state index < -0.39 is 33.9 Å². The molecular formula is C20H32BNO5S. The maximum absolute atomic E-state index is 12.9. The predicted molar refractivity (Wildman–Crippen MR) is 110 cm³/mol. The molecule has 0 amide bonds. The fourth-order valence-corrected chi connectivity index (χ4v) is 4.99. The zero-order valence-corrected chi connectivity index (χ0v) is 18.5. The molecule has 0 atom stereocenters. The standard InChI is InChI=1S/C20H32BNO5S/c1-14-7-8-16(13-17(14)21-26-18(2,3)19(4,5)27-21)28(24,25)22-15-9-11-20(6,23)12-10-15/h7-8,13,15,22-23H,9-12H2,1-6H3/t15-,20+. The van der Waals surface area contributed by atoms with Crippen LogP contribution in [0.2, 0.25) is 0 Å². The first-order valence-corrected chi connectivity index (χ1v) is 11.4. The number of rotatable bonds is 4. The van der Waals surface area contributed by atoms with Crippen molar-refractivity contribution in [1.82, 2.24) is 4.72 Å². The van der Waals surface area contributed by atoms with Crippen molar-refractivity contribution in [2.45, 2.75) is 95.0 Å². The molecule has 0 unspecified atom stereocenters. The van der Waals surface area contributed by atoms with Gasteiger partial charge in [-0.15, -0.1) is 0 Å². The maximum Gasteiger partial charge on any atom is 0.495 e. The second kappa shape index (κ2) is 7.09. The van der Waals surface area contributed by atoms with E-state index in [1.54, 1.807) is 25.1 Å². The minimum Gasteiger partial charge on any atom is -0.399 e. The van der Waals surface area contributed by atoms with Crippen molar-refractivity contribution in [3.63, 3.8) is 0 Å². The van der Waals surface area contributed by atoms with E-state index in [0.717, 1.165) is 11.0 Å². The Hall–Kier alpha value is -0.925. The van der Waals surface area contributed by atoms with Gasteiger partial charge in [0.1, 0.15) is 0 Å². The Kier molecular flexibility index (Phi) is 5.52. The van der Waals surface area contributed by atoms with Gasteiger partial charge < -0.3 is 14.4 Å². The number of nitrogens with one attached hydrogen (secondary N) is 1. The highest BCUT2D eigenvalue weighted by atomic mass is 32.2. The molecule has 6 nitrogen and oxygen atoms in total. The summed E-state index contributed by atoms with van der Waals surface area (Å²) in [6.07, 6.45) is 2.44. The fraction of sp³-hybridized carbons (Fsp3) is 0.700. The first kappa shape index (κ1) is 21.8. The third kappa shape index (κ3) is 4.31. The molecule has 1 aromatic rings. The Balaban J connectivity index is 1.81. The molecule has 1 aliphatic heterocycles. The molecular weight excluding hydrogens is 377 g/mol. The number of hydrogen-bond donors (Lipinski definition) is 2. The molecule has 1 saturated carbocycles. The van der Waals surface area contributed by atoms with Crippen LogP contribution in [0.3, 0.4) is 0 Å². The van der Waals surface area contributed by atoms with Crippen molar-refractivity contribution in [2.24, 2.45) is 0 Å². The van der Waals surface area contributed by atoms with Gasteiger partial charge in [0, 0.05) is 6.04 Å². The third-order valence-corrected chi connectivity index (χ3v) is 7.97. The zero-order chi connectivity index (χ0) is 21.0. The van der Waals surface area contributed by atoms with Crippen LogP contribution in [-0.2, 0) is 19.3 Å². The lowest BCUT2D eigenvalue weighted by molar-refractivity contribution is 0.00578. The summed E-state index contributed by atoms with van der Waals surface area (Å²) in [4.78, 5) is 0.208. The summed E-state index contributed by atoms with van der Waals surface area (Å²) in [7, 11) is -4.27. The summed E-state index contributed by atoms with van der Waals surface area (Å²) in [5.41, 5.74) is -0.0262. The zero-order valence-electron chi connectivity index (χ0n) is 17.7. The molecule has 2 aliphatic rings. The SMILES string of the molecule is Cc1ccc(S(=O)(=O)N[C@H]2CC[C@@](C)(O)CC2)cc1B1OC(C)(C)C(C)(C)O1. The van der Waals surface area contributed by atoms with Crippen molar-refractivity contribution in [3.8, 4) is 0 Å². The summed E-state index contributed by atoms with van der Waals surface area (Å²) < 4.78 is 40.9. The Bertz CT molecular complexity index is 824. The molecule has 156 valence electrons. The van der Waals surface area contributed by atoms with Crippen LogP contribution in [0.25, 0.3) is 0 Å². The maximum atomic E-state index is 12.9. The molecule has 1 aromatic carbocycles. The fourth-order valence-electron chi connectivity index (χ4n) is 3.65. The third-order valence-electron chi connectivity index (χ3n) is 6.45. The van der Waals surface area contributed by atoms with Crippen molar-refractivity contribution in [1.29, 1.82) is 0 Å². The normalized spacial score (nSPS) is 29.8. The van der Waals surface area contributed by atoms with Crippen molar-refractivity contribution >= 4 is 22.6 Å². The molecule has 3 rings (SSSR count). The monoisotopic (exact) mass is 409 g/mol. The van der Waals surface area contributed by atoms with E-state index in [1.807, 2.05) is 34.6 Å². The molecule has 2 fully saturated rings. The lowest BCUT2D eigenvalue weighted by Crippen LogP contribution is -2.42. The van der Waals surface area contributed by atoms with E-state index in [0.29, 0.717) is 25.7 Å². The minimum absolute atomic E-state index is 0.160. The highest BCUT2D eigenvalue weighted by Crippen LogP contribution is 2.37. The average molecular weight is 409 g/mol. The van der Waals surface area contributed by atoms with Gasteiger partial charge in [0.05, 0.1) is 21.7 Å². The number of sulfonamides is 1. The van der Waals surface area contributed by atoms with Gasteiger partial charge in [-0.05, 0) is 84.8 Å². The topological polar surface area (TPSA) is 84.9 Å². The van der Waals surface area contributed by atoms with E-state index in [9.17, 15) is 13.5 Å². The number of aliphatic hydroxyl groups is 1. The quantitative estimate of drug-likeness (QED) is 0.746. The van der Waals surface area contributed by atoms with Crippen LogP contribution in [0.5, 0.6) is 0 Å². The first-order valence-electron chi connectivity index (χ1n) is 9.93. The molecule has 0 aromatic heterocycles. The molecule has 1 heterocycles. The summed E-state index contributed by atoms with van der Waals surface area (Å²) in [5.74, 6) is 0. The summed E-state index contributed by atoms with van der Waals surface area (Å²) in [6, 6.07) is 4.90. The van der Waals surface area contributed by atoms with E-state index >= 15 is 0 Å². The Morgan fingerprint density at radius 1 is 1.07 bits per heavy atom. The highest BCUT2D eigenvalue weighted by molar-refractivity contribution is 7.89. The Morgan fingerprint density at radius 3 is 2.14 bits per heavy atom. The average Bonchev–Trinajstić information content (AvgIpc) is 2.77.